The number of carbonyl (C=O) groups excluding carboxylic acids is 1. The Hall–Kier alpha value is -3.74. The monoisotopic (exact) mass is 479 g/mol. The number of amides is 1. The van der Waals surface area contributed by atoms with E-state index in [0.717, 1.165) is 29.9 Å². The number of nitrogens with one attached hydrogen (secondary N) is 2. The summed E-state index contributed by atoms with van der Waals surface area (Å²) in [6, 6.07) is 11.2. The van der Waals surface area contributed by atoms with E-state index in [1.807, 2.05) is 41.3 Å². The lowest BCUT2D eigenvalue weighted by atomic mass is 9.95. The van der Waals surface area contributed by atoms with Crippen LogP contribution < -0.4 is 5.73 Å². The van der Waals surface area contributed by atoms with Gasteiger partial charge in [0.25, 0.3) is 0 Å². The van der Waals surface area contributed by atoms with Gasteiger partial charge in [0.05, 0.1) is 6.04 Å². The zero-order valence-corrected chi connectivity index (χ0v) is 18.0. The highest BCUT2D eigenvalue weighted by Gasteiger charge is 2.38. The number of piperidine rings is 1. The number of carbonyl (C=O) groups is 2. The maximum atomic E-state index is 12.6. The van der Waals surface area contributed by atoms with Gasteiger partial charge in [-0.25, -0.2) is 9.78 Å². The minimum absolute atomic E-state index is 0.00871. The van der Waals surface area contributed by atoms with Crippen LogP contribution >= 0.6 is 0 Å². The van der Waals surface area contributed by atoms with Crippen molar-refractivity contribution in [1.82, 2.24) is 30.3 Å². The molecule has 5 N–H and O–H groups in total. The van der Waals surface area contributed by atoms with Crippen molar-refractivity contribution in [3.63, 3.8) is 0 Å². The second kappa shape index (κ2) is 10.9. The molecule has 1 atom stereocenters. The van der Waals surface area contributed by atoms with Crippen molar-refractivity contribution >= 4 is 11.9 Å². The third-order valence-electron chi connectivity index (χ3n) is 5.29. The van der Waals surface area contributed by atoms with Crippen molar-refractivity contribution in [3.8, 4) is 11.4 Å². The van der Waals surface area contributed by atoms with Crippen LogP contribution in [-0.2, 0) is 16.0 Å². The molecule has 182 valence electrons. The summed E-state index contributed by atoms with van der Waals surface area (Å²) in [5.41, 5.74) is 7.96. The molecule has 1 fully saturated rings. The van der Waals surface area contributed by atoms with E-state index in [0.29, 0.717) is 25.3 Å². The summed E-state index contributed by atoms with van der Waals surface area (Å²) in [6.07, 6.45) is -1.24. The number of carboxylic acids is 1. The number of benzene rings is 1. The number of alkyl halides is 3. The summed E-state index contributed by atoms with van der Waals surface area (Å²) in [5, 5.41) is 21.3. The second-order valence-electron chi connectivity index (χ2n) is 7.71. The molecule has 1 saturated heterocycles. The molecular weight excluding hydrogens is 455 g/mol. The number of nitrogens with two attached hydrogens (primary N) is 1. The lowest BCUT2D eigenvalue weighted by Gasteiger charge is -2.32. The molecule has 34 heavy (non-hydrogen) atoms. The quantitative estimate of drug-likeness (QED) is 0.437. The summed E-state index contributed by atoms with van der Waals surface area (Å²) in [5.74, 6) is -0.880. The van der Waals surface area contributed by atoms with Gasteiger partial charge in [0.2, 0.25) is 5.91 Å². The minimum Gasteiger partial charge on any atom is -0.475 e. The van der Waals surface area contributed by atoms with E-state index >= 15 is 0 Å². The molecule has 2 aromatic heterocycles. The molecule has 4 rings (SSSR count). The smallest absolute Gasteiger partial charge is 0.475 e. The number of H-pyrrole nitrogens is 2. The fourth-order valence-electron chi connectivity index (χ4n) is 3.50. The second-order valence-corrected chi connectivity index (χ2v) is 7.71. The summed E-state index contributed by atoms with van der Waals surface area (Å²) in [7, 11) is 0. The number of hydrogen-bond acceptors (Lipinski definition) is 6. The van der Waals surface area contributed by atoms with Crippen molar-refractivity contribution in [2.45, 2.75) is 37.4 Å². The first-order valence-electron chi connectivity index (χ1n) is 10.5. The van der Waals surface area contributed by atoms with Crippen LogP contribution in [0, 0.1) is 0 Å². The minimum atomic E-state index is -5.08. The molecule has 10 nitrogen and oxygen atoms in total. The number of rotatable bonds is 5. The van der Waals surface area contributed by atoms with Crippen molar-refractivity contribution < 1.29 is 27.9 Å². The van der Waals surface area contributed by atoms with Crippen molar-refractivity contribution in [2.24, 2.45) is 5.73 Å². The predicted octanol–water partition coefficient (Wildman–Crippen LogP) is 2.10. The van der Waals surface area contributed by atoms with Gasteiger partial charge in [-0.2, -0.15) is 23.4 Å². The molecule has 0 bridgehead atoms. The van der Waals surface area contributed by atoms with Gasteiger partial charge in [0.1, 0.15) is 5.82 Å². The van der Waals surface area contributed by atoms with Crippen LogP contribution in [-0.4, -0.2) is 72.6 Å². The van der Waals surface area contributed by atoms with E-state index in [9.17, 15) is 18.0 Å². The predicted molar refractivity (Wildman–Crippen MR) is 114 cm³/mol. The largest absolute Gasteiger partial charge is 0.490 e. The lowest BCUT2D eigenvalue weighted by Crippen LogP contribution is -2.47. The number of likely N-dealkylation sites (tertiary alicyclic amines) is 1. The molecule has 3 aromatic rings. The van der Waals surface area contributed by atoms with Crippen LogP contribution in [0.2, 0.25) is 0 Å². The zero-order chi connectivity index (χ0) is 24.7. The molecule has 1 aromatic carbocycles. The third kappa shape index (κ3) is 6.63. The molecule has 0 aliphatic carbocycles. The molecule has 13 heteroatoms. The van der Waals surface area contributed by atoms with E-state index in [1.54, 1.807) is 6.20 Å². The van der Waals surface area contributed by atoms with Gasteiger partial charge in [-0.3, -0.25) is 15.0 Å². The number of halogens is 3. The Morgan fingerprint density at radius 2 is 1.79 bits per heavy atom. The molecule has 1 aliphatic rings. The Kier molecular flexibility index (Phi) is 7.99. The van der Waals surface area contributed by atoms with Crippen molar-refractivity contribution in [1.29, 1.82) is 0 Å². The van der Waals surface area contributed by atoms with Gasteiger partial charge >= 0.3 is 12.1 Å². The zero-order valence-electron chi connectivity index (χ0n) is 18.0. The van der Waals surface area contributed by atoms with E-state index in [2.05, 4.69) is 25.4 Å². The average Bonchev–Trinajstić information content (AvgIpc) is 3.51. The van der Waals surface area contributed by atoms with Gasteiger partial charge in [0.15, 0.2) is 5.82 Å². The van der Waals surface area contributed by atoms with Crippen LogP contribution in [0.25, 0.3) is 11.4 Å². The Balaban J connectivity index is 0.000000406. The first-order valence-corrected chi connectivity index (χ1v) is 10.5. The van der Waals surface area contributed by atoms with E-state index in [1.165, 1.54) is 0 Å². The number of aromatic amines is 2. The highest BCUT2D eigenvalue weighted by molar-refractivity contribution is 5.82. The fourth-order valence-corrected chi connectivity index (χ4v) is 3.50. The summed E-state index contributed by atoms with van der Waals surface area (Å²) < 4.78 is 31.7. The molecule has 1 amide bonds. The molecule has 0 saturated carbocycles. The molecular formula is C21H24F3N7O3. The Morgan fingerprint density at radius 3 is 2.35 bits per heavy atom. The SMILES string of the molecule is NC(Cc1ccn[nH]1)C(=O)N1CCC(c2nc(-c3ccccc3)n[nH]2)CC1.O=C(O)C(F)(F)F. The number of hydrogen-bond donors (Lipinski definition) is 4. The van der Waals surface area contributed by atoms with Gasteiger partial charge in [-0.15, -0.1) is 0 Å². The topological polar surface area (TPSA) is 154 Å². The first kappa shape index (κ1) is 24.9. The van der Waals surface area contributed by atoms with E-state index in [-0.39, 0.29) is 11.8 Å². The van der Waals surface area contributed by atoms with Gasteiger partial charge in [-0.1, -0.05) is 30.3 Å². The van der Waals surface area contributed by atoms with Crippen molar-refractivity contribution in [2.75, 3.05) is 13.1 Å². The van der Waals surface area contributed by atoms with Gasteiger partial charge in [0, 0.05) is 42.9 Å². The van der Waals surface area contributed by atoms with Crippen molar-refractivity contribution in [3.05, 3.63) is 54.1 Å². The maximum Gasteiger partial charge on any atom is 0.490 e. The van der Waals surface area contributed by atoms with Gasteiger partial charge in [-0.05, 0) is 18.9 Å². The van der Waals surface area contributed by atoms with E-state index < -0.39 is 18.2 Å². The fraction of sp³-hybridized carbons (Fsp3) is 0.381. The number of carboxylic acid groups (broad SMARTS) is 1. The summed E-state index contributed by atoms with van der Waals surface area (Å²) in [4.78, 5) is 28.0. The van der Waals surface area contributed by atoms with Crippen LogP contribution in [0.15, 0.2) is 42.6 Å². The molecule has 0 radical (unpaired) electrons. The molecule has 1 aliphatic heterocycles. The summed E-state index contributed by atoms with van der Waals surface area (Å²) >= 11 is 0. The molecule has 0 spiro atoms. The highest BCUT2D eigenvalue weighted by Crippen LogP contribution is 2.27. The van der Waals surface area contributed by atoms with Crippen LogP contribution in [0.4, 0.5) is 13.2 Å². The summed E-state index contributed by atoms with van der Waals surface area (Å²) in [6.45, 7) is 1.36. The first-order chi connectivity index (χ1) is 16.1. The molecule has 3 heterocycles. The van der Waals surface area contributed by atoms with Crippen LogP contribution in [0.5, 0.6) is 0 Å². The Labute approximate surface area is 192 Å². The van der Waals surface area contributed by atoms with Gasteiger partial charge < -0.3 is 15.7 Å². The van der Waals surface area contributed by atoms with E-state index in [4.69, 9.17) is 15.6 Å². The normalized spacial score (nSPS) is 15.4. The average molecular weight is 479 g/mol. The number of nitrogens with zero attached hydrogens (tertiary/aromatic N) is 4. The Bertz CT molecular complexity index is 1060. The highest BCUT2D eigenvalue weighted by atomic mass is 19.4. The number of aromatic nitrogens is 5. The standard InChI is InChI=1S/C19H23N7O.C2HF3O2/c20-16(12-15-6-9-21-23-15)19(27)26-10-7-14(8-11-26)18-22-17(24-25-18)13-4-2-1-3-5-13;3-2(4,5)1(6)7/h1-6,9,14,16H,7-8,10-12,20H2,(H,21,23)(H,22,24,25);(H,6,7). The maximum absolute atomic E-state index is 12.6. The lowest BCUT2D eigenvalue weighted by molar-refractivity contribution is -0.192. The number of aliphatic carboxylic acids is 1. The Morgan fingerprint density at radius 1 is 1.15 bits per heavy atom. The van der Waals surface area contributed by atoms with Crippen LogP contribution in [0.1, 0.15) is 30.3 Å². The third-order valence-corrected chi connectivity index (χ3v) is 5.29. The molecule has 1 unspecified atom stereocenters. The van der Waals surface area contributed by atoms with Crippen LogP contribution in [0.3, 0.4) is 0 Å².